The van der Waals surface area contributed by atoms with E-state index < -0.39 is 0 Å². The van der Waals surface area contributed by atoms with Crippen LogP contribution >= 0.6 is 0 Å². The monoisotopic (exact) mass is 1390 g/mol. The zero-order valence-electron chi connectivity index (χ0n) is 65.8. The molecule has 12 nitrogen and oxygen atoms in total. The molecule has 4 heterocycles. The van der Waals surface area contributed by atoms with Gasteiger partial charge in [-0.3, -0.25) is 9.59 Å². The molecular weight excluding hydrogens is 1270 g/mol. The van der Waals surface area contributed by atoms with Gasteiger partial charge in [0, 0.05) is 50.0 Å². The van der Waals surface area contributed by atoms with E-state index >= 15 is 0 Å². The molecule has 0 radical (unpaired) electrons. The highest BCUT2D eigenvalue weighted by molar-refractivity contribution is 5.90. The molecule has 7 aromatic rings. The maximum atomic E-state index is 13.2. The Hall–Kier alpha value is -7.13. The van der Waals surface area contributed by atoms with Gasteiger partial charge in [-0.25, -0.2) is 4.79 Å². The van der Waals surface area contributed by atoms with Gasteiger partial charge in [-0.15, -0.1) is 0 Å². The summed E-state index contributed by atoms with van der Waals surface area (Å²) >= 11 is 0. The second-order valence-electron chi connectivity index (χ2n) is 33.7. The van der Waals surface area contributed by atoms with Gasteiger partial charge in [0.15, 0.2) is 0 Å². The molecule has 102 heavy (non-hydrogen) atoms. The second-order valence-corrected chi connectivity index (χ2v) is 33.7. The standard InChI is InChI=1S/C50H66N2O8.C25H35NO.C15H24/c1-49(2,3)44-27-42(28-45(31-44)50(4,5)6)29-46(53)18-16-37-7-9-38(10-8-37)32-51-48(54)52-47-30-41-15-17-43(47)36-60-26-22-56-20-24-58-34-40-13-11-39(12-14-40)33-57-23-19-55-21-25-59-35-41;1-24(2,3)21-13-20(14-22(16-21)25(4,5)6)15-23(27)12-11-18-7-9-19(17-26)10-8-18;1-11-8-12(14(2,3)4)10-13(9-11)15(5,6)7/h7-15,17,27-28,30-31H,16,18-26,29,32-36H2,1-6H3,(H2,51,52,54);7-10,13-14,16H,11-12,15,17,26H2,1-6H3;8-10H,1-7H3. The molecule has 0 atom stereocenters. The number of nitrogens with one attached hydrogen (secondary N) is 2. The molecule has 11 rings (SSSR count). The Morgan fingerprint density at radius 1 is 0.353 bits per heavy atom. The van der Waals surface area contributed by atoms with Gasteiger partial charge in [-0.05, 0) is 142 Å². The maximum absolute atomic E-state index is 13.2. The Morgan fingerprint density at radius 3 is 1.03 bits per heavy atom. The summed E-state index contributed by atoms with van der Waals surface area (Å²) < 4.78 is 34.7. The van der Waals surface area contributed by atoms with Crippen LogP contribution in [0, 0.1) is 6.92 Å². The number of aryl methyl sites for hydroxylation is 3. The van der Waals surface area contributed by atoms with Crippen LogP contribution < -0.4 is 16.4 Å². The number of amides is 2. The average Bonchev–Trinajstić information content (AvgIpc) is 0.818. The summed E-state index contributed by atoms with van der Waals surface area (Å²) in [6.07, 6.45) is 3.44. The van der Waals surface area contributed by atoms with Crippen LogP contribution in [0.3, 0.4) is 0 Å². The highest BCUT2D eigenvalue weighted by atomic mass is 16.5. The molecule has 0 saturated heterocycles. The molecule has 0 saturated carbocycles. The van der Waals surface area contributed by atoms with Crippen LogP contribution in [0.2, 0.25) is 0 Å². The molecule has 0 aromatic heterocycles. The van der Waals surface area contributed by atoms with Crippen molar-refractivity contribution in [2.24, 2.45) is 5.73 Å². The van der Waals surface area contributed by atoms with Crippen LogP contribution in [0.5, 0.6) is 0 Å². The van der Waals surface area contributed by atoms with Crippen LogP contribution in [-0.2, 0) is 136 Å². The zero-order chi connectivity index (χ0) is 74.9. The van der Waals surface area contributed by atoms with E-state index in [2.05, 4.69) is 221 Å². The van der Waals surface area contributed by atoms with Gasteiger partial charge in [0.25, 0.3) is 0 Å². The minimum absolute atomic E-state index is 0.00608. The molecule has 4 aliphatic heterocycles. The fourth-order valence-electron chi connectivity index (χ4n) is 11.3. The summed E-state index contributed by atoms with van der Waals surface area (Å²) in [5, 5.41) is 6.00. The molecule has 4 aliphatic rings. The van der Waals surface area contributed by atoms with Crippen LogP contribution in [0.25, 0.3) is 0 Å². The van der Waals surface area contributed by atoms with Gasteiger partial charge in [0.2, 0.25) is 0 Å². The fraction of sp³-hybridized carbons (Fsp3) is 0.500. The van der Waals surface area contributed by atoms with Crippen LogP contribution in [-0.4, -0.2) is 70.5 Å². The van der Waals surface area contributed by atoms with Crippen molar-refractivity contribution >= 4 is 23.3 Å². The quantitative estimate of drug-likeness (QED) is 0.0958. The molecule has 0 unspecified atom stereocenters. The van der Waals surface area contributed by atoms with Crippen LogP contribution in [0.1, 0.15) is 232 Å². The molecule has 0 spiro atoms. The number of nitrogens with two attached hydrogens (primary N) is 1. The first-order chi connectivity index (χ1) is 47.9. The van der Waals surface area contributed by atoms with Gasteiger partial charge < -0.3 is 44.8 Å². The summed E-state index contributed by atoms with van der Waals surface area (Å²) in [4.78, 5) is 38.9. The fourth-order valence-corrected chi connectivity index (χ4v) is 11.3. The van der Waals surface area contributed by atoms with Crippen LogP contribution in [0.4, 0.5) is 10.5 Å². The smallest absolute Gasteiger partial charge is 0.319 e. The number of Topliss-reactive ketones (excluding diaryl/α,β-unsaturated/α-hetero) is 2. The lowest BCUT2D eigenvalue weighted by molar-refractivity contribution is -0.119. The normalized spacial score (nSPS) is 14.4. The van der Waals surface area contributed by atoms with E-state index in [1.165, 1.54) is 44.5 Å². The summed E-state index contributed by atoms with van der Waals surface area (Å²) in [5.41, 5.74) is 26.8. The van der Waals surface area contributed by atoms with Gasteiger partial charge in [0.1, 0.15) is 11.6 Å². The first-order valence-corrected chi connectivity index (χ1v) is 36.9. The molecule has 4 bridgehead atoms. The number of hydrogen-bond donors (Lipinski definition) is 3. The zero-order valence-corrected chi connectivity index (χ0v) is 65.8. The van der Waals surface area contributed by atoms with Crippen molar-refractivity contribution in [1.82, 2.24) is 5.32 Å². The molecule has 0 fully saturated rings. The van der Waals surface area contributed by atoms with Crippen molar-refractivity contribution < 1.29 is 42.8 Å². The number of hydrogen-bond acceptors (Lipinski definition) is 10. The first-order valence-electron chi connectivity index (χ1n) is 36.9. The number of ether oxygens (including phenoxy) is 6. The largest absolute Gasteiger partial charge is 0.377 e. The highest BCUT2D eigenvalue weighted by Gasteiger charge is 2.24. The van der Waals surface area contributed by atoms with Crippen molar-refractivity contribution in [1.29, 1.82) is 0 Å². The topological polar surface area (TPSA) is 157 Å². The van der Waals surface area contributed by atoms with E-state index in [4.69, 9.17) is 34.2 Å². The van der Waals surface area contributed by atoms with Gasteiger partial charge in [-0.1, -0.05) is 270 Å². The van der Waals surface area contributed by atoms with E-state index in [0.717, 1.165) is 56.5 Å². The summed E-state index contributed by atoms with van der Waals surface area (Å²) in [6.45, 7) is 48.7. The van der Waals surface area contributed by atoms with Crippen molar-refractivity contribution in [3.8, 4) is 0 Å². The Kier molecular flexibility index (Phi) is 32.1. The first kappa shape index (κ1) is 83.8. The Labute approximate surface area is 614 Å². The average molecular weight is 1390 g/mol. The third kappa shape index (κ3) is 30.3. The maximum Gasteiger partial charge on any atom is 0.319 e. The minimum Gasteiger partial charge on any atom is -0.377 e. The number of carbonyl (C=O) groups excluding carboxylic acids is 3. The predicted octanol–water partition coefficient (Wildman–Crippen LogP) is 19.2. The number of anilines is 1. The molecule has 12 heteroatoms. The highest BCUT2D eigenvalue weighted by Crippen LogP contribution is 2.34. The van der Waals surface area contributed by atoms with E-state index in [1.807, 2.05) is 66.7 Å². The van der Waals surface area contributed by atoms with Crippen molar-refractivity contribution in [3.63, 3.8) is 0 Å². The van der Waals surface area contributed by atoms with Gasteiger partial charge in [-0.2, -0.15) is 0 Å². The lowest BCUT2D eigenvalue weighted by Gasteiger charge is -2.26. The van der Waals surface area contributed by atoms with Gasteiger partial charge >= 0.3 is 6.03 Å². The van der Waals surface area contributed by atoms with E-state index in [0.29, 0.717) is 136 Å². The number of rotatable bonds is 14. The number of urea groups is 1. The molecule has 4 N–H and O–H groups in total. The van der Waals surface area contributed by atoms with Crippen molar-refractivity contribution in [3.05, 3.63) is 240 Å². The lowest BCUT2D eigenvalue weighted by atomic mass is 9.79. The molecule has 0 aliphatic carbocycles. The third-order valence-corrected chi connectivity index (χ3v) is 18.2. The summed E-state index contributed by atoms with van der Waals surface area (Å²) in [5.74, 6) is 0.523. The molecule has 7 aromatic carbocycles. The SMILES string of the molecule is CC(C)(C)c1cc(CC(=O)CCc2ccc(CN)cc2)cc(C(C)(C)C)c1.CC(C)(C)c1cc(CC(=O)CCc2ccc(CNC(=O)Nc3cc4ccc3COCCOCCOCc3ccc(cc3)COCCOCCOC4)cc2)cc(C(C)(C)C)c1.Cc1cc(C(C)(C)C)cc(C(C)(C)C)c1. The number of benzene rings is 7. The Bertz CT molecular complexity index is 3640. The van der Waals surface area contributed by atoms with E-state index in [1.54, 1.807) is 0 Å². The van der Waals surface area contributed by atoms with E-state index in [-0.39, 0.29) is 44.3 Å². The van der Waals surface area contributed by atoms with Crippen LogP contribution in [0.15, 0.2) is 146 Å². The second kappa shape index (κ2) is 39.1. The molecule has 554 valence electrons. The Morgan fingerprint density at radius 2 is 0.667 bits per heavy atom. The van der Waals surface area contributed by atoms with Crippen molar-refractivity contribution in [2.75, 3.05) is 58.2 Å². The molecule has 2 amide bonds. The predicted molar refractivity (Wildman–Crippen MR) is 420 cm³/mol. The van der Waals surface area contributed by atoms with E-state index in [9.17, 15) is 14.4 Å². The minimum atomic E-state index is -0.330. The number of carbonyl (C=O) groups is 3. The summed E-state index contributed by atoms with van der Waals surface area (Å²) in [6, 6.07) is 50.4. The lowest BCUT2D eigenvalue weighted by Crippen LogP contribution is -2.28. The Balaban J connectivity index is 0.000000316. The third-order valence-electron chi connectivity index (χ3n) is 18.2. The molecular formula is C90H125N3O9. The van der Waals surface area contributed by atoms with Gasteiger partial charge in [0.05, 0.1) is 79.3 Å². The summed E-state index contributed by atoms with van der Waals surface area (Å²) in [7, 11) is 0. The number of ketones is 2. The van der Waals surface area contributed by atoms with Crippen molar-refractivity contribution in [2.45, 2.75) is 242 Å².